The fourth-order valence-electron chi connectivity index (χ4n) is 8.62. The molecule has 0 aliphatic rings. The summed E-state index contributed by atoms with van der Waals surface area (Å²) in [5, 5.41) is 22.4. The van der Waals surface area contributed by atoms with Gasteiger partial charge in [-0.1, -0.05) is 161 Å². The first-order valence-corrected chi connectivity index (χ1v) is 25.0. The Labute approximate surface area is 488 Å². The molecule has 6 aromatic heterocycles. The van der Waals surface area contributed by atoms with Crippen molar-refractivity contribution in [2.24, 2.45) is 0 Å². The zero-order chi connectivity index (χ0) is 51.3. The minimum absolute atomic E-state index is 0. The fourth-order valence-corrected chi connectivity index (χ4v) is 8.62. The third-order valence-corrected chi connectivity index (χ3v) is 13.4. The molecule has 0 amide bonds. The number of hydrogen-bond acceptors (Lipinski definition) is 0. The van der Waals surface area contributed by atoms with Crippen molar-refractivity contribution in [2.75, 3.05) is 0 Å². The monoisotopic (exact) mass is 1140 g/mol. The number of H-pyrrole nitrogens is 6. The number of halogens is 2. The second kappa shape index (κ2) is 24.8. The van der Waals surface area contributed by atoms with Gasteiger partial charge in [-0.2, -0.15) is 30.6 Å². The quantitative estimate of drug-likeness (QED) is 0.221. The molecule has 0 unspecified atom stereocenters. The Kier molecular flexibility index (Phi) is 23.2. The first kappa shape index (κ1) is 67.1. The zero-order valence-electron chi connectivity index (χ0n) is 49.2. The van der Waals surface area contributed by atoms with Gasteiger partial charge in [0.05, 0.1) is 0 Å². The molecule has 7 aromatic rings. The maximum atomic E-state index is 3.74. The van der Waals surface area contributed by atoms with E-state index in [4.69, 9.17) is 0 Å². The number of aromatic amines is 6. The summed E-state index contributed by atoms with van der Waals surface area (Å²) in [5.41, 5.74) is 15.1. The van der Waals surface area contributed by atoms with Crippen molar-refractivity contribution in [1.29, 1.82) is 0 Å². The Hall–Kier alpha value is -2.90. The SMILES string of the molecule is Cc1cc(C(C)(C)C)[nH+]n1[BH-](n1[nH+]c(C(C)(C)C)cc1C)n1[nH+]c(C(C)(C)C)cc1C.Cc1cc(C(C)(C)C)[nH+]n1[BH-](n1[nH+]c(C(C)(C)C)cc1C)n1[nH+]c(C(C)(C)C)cc1C.[Br-].[Br-].[Mg+2].[Mg+2].c1ccccc1. The van der Waals surface area contributed by atoms with Crippen LogP contribution in [-0.2, 0) is 32.5 Å². The summed E-state index contributed by atoms with van der Waals surface area (Å²) in [6.07, 6.45) is 0. The average molecular weight is 1140 g/mol. The van der Waals surface area contributed by atoms with E-state index in [2.05, 4.69) is 261 Å². The van der Waals surface area contributed by atoms with Crippen molar-refractivity contribution >= 4 is 60.3 Å². The van der Waals surface area contributed by atoms with Gasteiger partial charge in [0.1, 0.15) is 0 Å². The van der Waals surface area contributed by atoms with Gasteiger partial charge < -0.3 is 34.0 Å². The van der Waals surface area contributed by atoms with Crippen molar-refractivity contribution in [2.45, 2.75) is 199 Å². The van der Waals surface area contributed by atoms with Crippen molar-refractivity contribution in [3.63, 3.8) is 0 Å². The van der Waals surface area contributed by atoms with E-state index in [0.717, 1.165) is 0 Å². The molecule has 12 nitrogen and oxygen atoms in total. The van der Waals surface area contributed by atoms with Gasteiger partial charge in [-0.25, -0.2) is 0 Å². The van der Waals surface area contributed by atoms with E-state index in [9.17, 15) is 0 Å². The molecule has 0 saturated heterocycles. The number of aryl methyl sites for hydroxylation is 6. The molecule has 386 valence electrons. The van der Waals surface area contributed by atoms with Crippen LogP contribution in [0.1, 0.15) is 193 Å². The van der Waals surface area contributed by atoms with Crippen molar-refractivity contribution in [1.82, 2.24) is 27.6 Å². The summed E-state index contributed by atoms with van der Waals surface area (Å²) in [4.78, 5) is 0. The Morgan fingerprint density at radius 1 is 0.264 bits per heavy atom. The first-order chi connectivity index (χ1) is 31.0. The Balaban J connectivity index is 0.000000612. The molecule has 0 radical (unpaired) electrons. The normalized spacial score (nSPS) is 12.2. The van der Waals surface area contributed by atoms with Crippen LogP contribution >= 0.6 is 0 Å². The molecule has 72 heavy (non-hydrogen) atoms. The third kappa shape index (κ3) is 16.1. The molecule has 0 fully saturated rings. The minimum atomic E-state index is -1.25. The Morgan fingerprint density at radius 2 is 0.375 bits per heavy atom. The van der Waals surface area contributed by atoms with Gasteiger partial charge >= 0.3 is 60.3 Å². The summed E-state index contributed by atoms with van der Waals surface area (Å²) in [6.45, 7) is 53.7. The van der Waals surface area contributed by atoms with Crippen molar-refractivity contribution in [3.05, 3.63) is 141 Å². The standard InChI is InChI=1S/2C24H40BN6.C6H6.2BrH.2Mg/c2*1-16-13-19(22(4,5)6)26-29(16)25(30-17(2)14-20(27-30)23(7,8)9)31-18(3)15-21(28-31)24(10,11)12;1-2-4-6-5-3-1;;;;/h2*13-15,25H,1-12H3;1-6H;2*1H;;/q2*-1;;;;2*+2/p+4. The summed E-state index contributed by atoms with van der Waals surface area (Å²) in [5.74, 6) is 0. The number of aromatic nitrogens is 12. The van der Waals surface area contributed by atoms with Crippen LogP contribution in [0, 0.1) is 41.5 Å². The summed E-state index contributed by atoms with van der Waals surface area (Å²) in [7, 11) is -2.50. The van der Waals surface area contributed by atoms with Gasteiger partial charge in [0.15, 0.2) is 0 Å². The molecule has 0 aliphatic carbocycles. The van der Waals surface area contributed by atoms with Gasteiger partial charge in [-0.3, -0.25) is 27.6 Å². The third-order valence-electron chi connectivity index (χ3n) is 13.4. The van der Waals surface area contributed by atoms with Gasteiger partial charge in [-0.05, 0) is 41.5 Å². The van der Waals surface area contributed by atoms with Crippen LogP contribution in [0.25, 0.3) is 0 Å². The summed E-state index contributed by atoms with van der Waals surface area (Å²) >= 11 is 0. The van der Waals surface area contributed by atoms with Crippen LogP contribution in [-0.4, -0.2) is 87.9 Å². The van der Waals surface area contributed by atoms with E-state index in [1.165, 1.54) is 68.3 Å². The first-order valence-electron chi connectivity index (χ1n) is 25.0. The largest absolute Gasteiger partial charge is 2.00 e. The molecule has 0 aliphatic heterocycles. The fraction of sp³-hybridized carbons (Fsp3) is 0.556. The molecule has 18 heteroatoms. The van der Waals surface area contributed by atoms with Crippen LogP contribution in [0.4, 0.5) is 0 Å². The average Bonchev–Trinajstić information content (AvgIpc) is 4.06. The molecule has 6 heterocycles. The molecule has 7 rings (SSSR count). The smallest absolute Gasteiger partial charge is 1.00 e. The van der Waals surface area contributed by atoms with Crippen LogP contribution < -0.4 is 64.6 Å². The van der Waals surface area contributed by atoms with E-state index >= 15 is 0 Å². The van der Waals surface area contributed by atoms with Crippen LogP contribution in [0.5, 0.6) is 0 Å². The molecule has 1 aromatic carbocycles. The van der Waals surface area contributed by atoms with Gasteiger partial charge in [0.2, 0.25) is 34.2 Å². The van der Waals surface area contributed by atoms with E-state index in [0.29, 0.717) is 0 Å². The molecular formula is C54H92B2Br2Mg2N12+6. The molecule has 0 atom stereocenters. The van der Waals surface area contributed by atoms with Crippen molar-refractivity contribution < 1.29 is 64.6 Å². The molecule has 0 bridgehead atoms. The van der Waals surface area contributed by atoms with Crippen LogP contribution in [0.2, 0.25) is 0 Å². The van der Waals surface area contributed by atoms with E-state index in [-0.39, 0.29) is 113 Å². The number of rotatable bonds is 6. The van der Waals surface area contributed by atoms with Crippen molar-refractivity contribution in [3.8, 4) is 0 Å². The van der Waals surface area contributed by atoms with Crippen LogP contribution in [0.15, 0.2) is 72.8 Å². The predicted octanol–water partition coefficient (Wildman–Crippen LogP) is 0.959. The topological polar surface area (TPSA) is 114 Å². The zero-order valence-corrected chi connectivity index (χ0v) is 55.2. The maximum Gasteiger partial charge on any atom is 2.00 e. The summed E-state index contributed by atoms with van der Waals surface area (Å²) < 4.78 is 14.0. The molecule has 6 N–H and O–H groups in total. The molecule has 0 spiro atoms. The molecular weight excluding hydrogens is 1050 g/mol. The minimum Gasteiger partial charge on any atom is -1.00 e. The predicted molar refractivity (Wildman–Crippen MR) is 291 cm³/mol. The van der Waals surface area contributed by atoms with Gasteiger partial charge in [0.25, 0.3) is 0 Å². The molecule has 0 saturated carbocycles. The number of nitrogens with zero attached hydrogens (tertiary/aromatic N) is 6. The second-order valence-electron chi connectivity index (χ2n) is 25.9. The number of benzene rings is 1. The Morgan fingerprint density at radius 3 is 0.458 bits per heavy atom. The number of nitrogens with one attached hydrogen (secondary N) is 6. The van der Waals surface area contributed by atoms with E-state index < -0.39 is 14.2 Å². The van der Waals surface area contributed by atoms with Gasteiger partial charge in [-0.15, -0.1) is 0 Å². The van der Waals surface area contributed by atoms with E-state index in [1.54, 1.807) is 0 Å². The second-order valence-corrected chi connectivity index (χ2v) is 25.9. The Bertz CT molecular complexity index is 2310. The maximum absolute atomic E-state index is 3.74. The van der Waals surface area contributed by atoms with E-state index in [1.807, 2.05) is 36.4 Å². The van der Waals surface area contributed by atoms with Gasteiger partial charge in [0, 0.05) is 103 Å². The number of hydrogen-bond donors (Lipinski definition) is 0. The van der Waals surface area contributed by atoms with Crippen LogP contribution in [0.3, 0.4) is 0 Å². The summed E-state index contributed by atoms with van der Waals surface area (Å²) in [6, 6.07) is 25.7.